The van der Waals surface area contributed by atoms with Crippen LogP contribution >= 0.6 is 0 Å². The molecule has 0 amide bonds. The van der Waals surface area contributed by atoms with E-state index < -0.39 is 12.8 Å². The Morgan fingerprint density at radius 2 is 1.85 bits per heavy atom. The van der Waals surface area contributed by atoms with Gasteiger partial charge in [0, 0.05) is 32.8 Å². The first-order chi connectivity index (χ1) is 9.49. The van der Waals surface area contributed by atoms with Gasteiger partial charge in [0.25, 0.3) is 0 Å². The van der Waals surface area contributed by atoms with Crippen LogP contribution in [-0.4, -0.2) is 58.2 Å². The van der Waals surface area contributed by atoms with Crippen LogP contribution < -0.4 is 10.6 Å². The van der Waals surface area contributed by atoms with E-state index in [-0.39, 0.29) is 6.61 Å². The standard InChI is InChI=1S/C12H24F3N3O2/c1-3-16-11(18-7-9-19-4-2)17-6-5-8-20-10-12(13,14)15/h3-10H2,1-2H3,(H2,16,17,18). The van der Waals surface area contributed by atoms with Gasteiger partial charge in [-0.1, -0.05) is 0 Å². The zero-order valence-corrected chi connectivity index (χ0v) is 12.1. The van der Waals surface area contributed by atoms with E-state index in [0.717, 1.165) is 0 Å². The molecule has 0 saturated heterocycles. The van der Waals surface area contributed by atoms with Crippen LogP contribution in [0.1, 0.15) is 20.3 Å². The molecule has 0 saturated carbocycles. The summed E-state index contributed by atoms with van der Waals surface area (Å²) in [5, 5.41) is 6.10. The zero-order chi connectivity index (χ0) is 15.3. The number of hydrogen-bond donors (Lipinski definition) is 2. The monoisotopic (exact) mass is 299 g/mol. The van der Waals surface area contributed by atoms with Gasteiger partial charge >= 0.3 is 6.18 Å². The average Bonchev–Trinajstić information content (AvgIpc) is 2.37. The van der Waals surface area contributed by atoms with Crippen LogP contribution in [0, 0.1) is 0 Å². The molecule has 0 aromatic carbocycles. The first kappa shape index (κ1) is 19.0. The van der Waals surface area contributed by atoms with Crippen molar-refractivity contribution in [1.29, 1.82) is 0 Å². The summed E-state index contributed by atoms with van der Waals surface area (Å²) in [4.78, 5) is 4.22. The summed E-state index contributed by atoms with van der Waals surface area (Å²) in [7, 11) is 0. The van der Waals surface area contributed by atoms with Crippen molar-refractivity contribution in [3.8, 4) is 0 Å². The molecule has 0 bridgehead atoms. The quantitative estimate of drug-likeness (QED) is 0.365. The number of ether oxygens (including phenoxy) is 2. The van der Waals surface area contributed by atoms with Gasteiger partial charge in [-0.15, -0.1) is 0 Å². The second-order valence-electron chi connectivity index (χ2n) is 3.91. The molecule has 0 unspecified atom stereocenters. The molecule has 120 valence electrons. The normalized spacial score (nSPS) is 12.6. The Morgan fingerprint density at radius 1 is 1.10 bits per heavy atom. The summed E-state index contributed by atoms with van der Waals surface area (Å²) in [5.41, 5.74) is 0. The SMILES string of the molecule is CCNC(=NCCCOCC(F)(F)F)NCCOCC. The highest BCUT2D eigenvalue weighted by atomic mass is 19.4. The Balaban J connectivity index is 3.73. The molecule has 0 aliphatic rings. The van der Waals surface area contributed by atoms with Gasteiger partial charge in [0.05, 0.1) is 6.61 Å². The largest absolute Gasteiger partial charge is 0.411 e. The number of aliphatic imine (C=N–C) groups is 1. The highest BCUT2D eigenvalue weighted by Gasteiger charge is 2.27. The van der Waals surface area contributed by atoms with Gasteiger partial charge in [-0.25, -0.2) is 0 Å². The molecule has 5 nitrogen and oxygen atoms in total. The first-order valence-electron chi connectivity index (χ1n) is 6.74. The number of halogens is 3. The van der Waals surface area contributed by atoms with E-state index >= 15 is 0 Å². The van der Waals surface area contributed by atoms with E-state index in [1.165, 1.54) is 0 Å². The maximum absolute atomic E-state index is 11.8. The van der Waals surface area contributed by atoms with Crippen molar-refractivity contribution in [3.05, 3.63) is 0 Å². The Hall–Kier alpha value is -1.02. The minimum atomic E-state index is -4.26. The first-order valence-corrected chi connectivity index (χ1v) is 6.74. The number of nitrogens with zero attached hydrogens (tertiary/aromatic N) is 1. The third-order valence-electron chi connectivity index (χ3n) is 2.07. The summed E-state index contributed by atoms with van der Waals surface area (Å²) >= 11 is 0. The molecule has 2 N–H and O–H groups in total. The predicted molar refractivity (Wildman–Crippen MR) is 72.0 cm³/mol. The lowest BCUT2D eigenvalue weighted by Crippen LogP contribution is -2.39. The highest BCUT2D eigenvalue weighted by molar-refractivity contribution is 5.79. The van der Waals surface area contributed by atoms with Crippen molar-refractivity contribution >= 4 is 5.96 Å². The Labute approximate surface area is 117 Å². The van der Waals surface area contributed by atoms with Crippen molar-refractivity contribution in [2.24, 2.45) is 4.99 Å². The van der Waals surface area contributed by atoms with E-state index in [1.807, 2.05) is 13.8 Å². The second-order valence-corrected chi connectivity index (χ2v) is 3.91. The fourth-order valence-electron chi connectivity index (χ4n) is 1.27. The molecule has 0 aromatic rings. The minimum Gasteiger partial charge on any atom is -0.380 e. The smallest absolute Gasteiger partial charge is 0.380 e. The van der Waals surface area contributed by atoms with E-state index in [1.54, 1.807) is 0 Å². The van der Waals surface area contributed by atoms with Gasteiger partial charge in [-0.2, -0.15) is 13.2 Å². The summed E-state index contributed by atoms with van der Waals surface area (Å²) in [6.07, 6.45) is -3.82. The average molecular weight is 299 g/mol. The maximum Gasteiger partial charge on any atom is 0.411 e. The van der Waals surface area contributed by atoms with Gasteiger partial charge in [-0.05, 0) is 20.3 Å². The van der Waals surface area contributed by atoms with Crippen molar-refractivity contribution in [3.63, 3.8) is 0 Å². The molecule has 0 radical (unpaired) electrons. The summed E-state index contributed by atoms with van der Waals surface area (Å²) < 4.78 is 45.1. The fourth-order valence-corrected chi connectivity index (χ4v) is 1.27. The topological polar surface area (TPSA) is 54.9 Å². The number of alkyl halides is 3. The van der Waals surface area contributed by atoms with Crippen LogP contribution in [0.3, 0.4) is 0 Å². The Bertz CT molecular complexity index is 261. The third kappa shape index (κ3) is 13.4. The minimum absolute atomic E-state index is 0.0430. The van der Waals surface area contributed by atoms with Crippen molar-refractivity contribution in [2.75, 3.05) is 46.1 Å². The number of nitrogens with one attached hydrogen (secondary N) is 2. The predicted octanol–water partition coefficient (Wildman–Crippen LogP) is 1.55. The van der Waals surface area contributed by atoms with Crippen LogP contribution in [0.4, 0.5) is 13.2 Å². The highest BCUT2D eigenvalue weighted by Crippen LogP contribution is 2.14. The van der Waals surface area contributed by atoms with Gasteiger partial charge in [0.15, 0.2) is 5.96 Å². The van der Waals surface area contributed by atoms with Crippen LogP contribution in [0.2, 0.25) is 0 Å². The van der Waals surface area contributed by atoms with Crippen molar-refractivity contribution in [2.45, 2.75) is 26.4 Å². The third-order valence-corrected chi connectivity index (χ3v) is 2.07. The number of hydrogen-bond acceptors (Lipinski definition) is 3. The lowest BCUT2D eigenvalue weighted by atomic mass is 10.4. The molecule has 20 heavy (non-hydrogen) atoms. The van der Waals surface area contributed by atoms with Crippen LogP contribution in [0.5, 0.6) is 0 Å². The Morgan fingerprint density at radius 3 is 2.45 bits per heavy atom. The van der Waals surface area contributed by atoms with Crippen LogP contribution in [-0.2, 0) is 9.47 Å². The number of rotatable bonds is 10. The molecular weight excluding hydrogens is 275 g/mol. The lowest BCUT2D eigenvalue weighted by Gasteiger charge is -2.11. The lowest BCUT2D eigenvalue weighted by molar-refractivity contribution is -0.173. The summed E-state index contributed by atoms with van der Waals surface area (Å²) in [6, 6.07) is 0. The van der Waals surface area contributed by atoms with Crippen LogP contribution in [0.25, 0.3) is 0 Å². The summed E-state index contributed by atoms with van der Waals surface area (Å²) in [6.45, 7) is 5.68. The molecule has 8 heteroatoms. The van der Waals surface area contributed by atoms with Crippen LogP contribution in [0.15, 0.2) is 4.99 Å². The molecule has 0 atom stereocenters. The van der Waals surface area contributed by atoms with E-state index in [9.17, 15) is 13.2 Å². The van der Waals surface area contributed by atoms with E-state index in [2.05, 4.69) is 20.4 Å². The van der Waals surface area contributed by atoms with Crippen molar-refractivity contribution in [1.82, 2.24) is 10.6 Å². The second kappa shape index (κ2) is 11.8. The molecule has 0 aliphatic carbocycles. The van der Waals surface area contributed by atoms with Gasteiger partial charge in [-0.3, -0.25) is 4.99 Å². The Kier molecular flexibility index (Phi) is 11.2. The molecule has 0 heterocycles. The molecule has 0 spiro atoms. The van der Waals surface area contributed by atoms with E-state index in [0.29, 0.717) is 45.2 Å². The molecular formula is C12H24F3N3O2. The molecule has 0 aliphatic heterocycles. The molecule has 0 fully saturated rings. The van der Waals surface area contributed by atoms with Gasteiger partial charge < -0.3 is 20.1 Å². The molecule has 0 rings (SSSR count). The van der Waals surface area contributed by atoms with E-state index in [4.69, 9.17) is 4.74 Å². The fraction of sp³-hybridized carbons (Fsp3) is 0.917. The zero-order valence-electron chi connectivity index (χ0n) is 12.1. The maximum atomic E-state index is 11.8. The number of guanidine groups is 1. The summed E-state index contributed by atoms with van der Waals surface area (Å²) in [5.74, 6) is 0.628. The van der Waals surface area contributed by atoms with Gasteiger partial charge in [0.1, 0.15) is 6.61 Å². The van der Waals surface area contributed by atoms with Gasteiger partial charge in [0.2, 0.25) is 0 Å². The van der Waals surface area contributed by atoms with Crippen molar-refractivity contribution < 1.29 is 22.6 Å². The molecule has 0 aromatic heterocycles.